The lowest BCUT2D eigenvalue weighted by molar-refractivity contribution is -0.125. The van der Waals surface area contributed by atoms with Gasteiger partial charge in [0, 0.05) is 4.47 Å². The minimum absolute atomic E-state index is 0.369. The van der Waals surface area contributed by atoms with Crippen molar-refractivity contribution in [1.29, 1.82) is 0 Å². The van der Waals surface area contributed by atoms with E-state index in [4.69, 9.17) is 4.74 Å². The molecule has 0 spiro atoms. The van der Waals surface area contributed by atoms with Crippen LogP contribution in [0.3, 0.4) is 0 Å². The second-order valence-electron chi connectivity index (χ2n) is 5.36. The topological polar surface area (TPSA) is 84.5 Å². The highest BCUT2D eigenvalue weighted by Gasteiger charge is 2.13. The van der Waals surface area contributed by atoms with Gasteiger partial charge in [-0.1, -0.05) is 18.2 Å². The van der Waals surface area contributed by atoms with Gasteiger partial charge in [-0.3, -0.25) is 20.4 Å². The number of benzene rings is 2. The summed E-state index contributed by atoms with van der Waals surface area (Å²) in [6.07, 6.45) is 0. The second kappa shape index (κ2) is 8.43. The lowest BCUT2D eigenvalue weighted by Gasteiger charge is -2.09. The summed E-state index contributed by atoms with van der Waals surface area (Å²) in [6, 6.07) is 11.9. The standard InChI is InChI=1S/C18H17BrN2O4/c1-11-7-8-13(9-12(11)2)18(24)25-10-16(22)20-21-17(23)14-5-3-4-6-15(14)19/h3-9H,10H2,1-2H3,(H,20,22)(H,21,23). The molecule has 0 aliphatic rings. The molecule has 0 saturated heterocycles. The number of esters is 1. The molecule has 2 aromatic rings. The van der Waals surface area contributed by atoms with Gasteiger partial charge in [0.05, 0.1) is 11.1 Å². The smallest absolute Gasteiger partial charge is 0.338 e. The summed E-state index contributed by atoms with van der Waals surface area (Å²) < 4.78 is 5.53. The number of hydrogen-bond acceptors (Lipinski definition) is 4. The number of nitrogens with one attached hydrogen (secondary N) is 2. The fourth-order valence-electron chi connectivity index (χ4n) is 1.96. The van der Waals surface area contributed by atoms with Crippen molar-refractivity contribution >= 4 is 33.7 Å². The van der Waals surface area contributed by atoms with Crippen LogP contribution in [0.4, 0.5) is 0 Å². The molecule has 7 heteroatoms. The van der Waals surface area contributed by atoms with Gasteiger partial charge >= 0.3 is 5.97 Å². The van der Waals surface area contributed by atoms with Gasteiger partial charge in [0.1, 0.15) is 0 Å². The fourth-order valence-corrected chi connectivity index (χ4v) is 2.42. The molecule has 2 amide bonds. The molecular weight excluding hydrogens is 388 g/mol. The molecule has 0 bridgehead atoms. The van der Waals surface area contributed by atoms with Crippen LogP contribution in [0.1, 0.15) is 31.8 Å². The number of ether oxygens (including phenoxy) is 1. The number of hydrazine groups is 1. The number of carbonyl (C=O) groups is 3. The van der Waals surface area contributed by atoms with Crippen LogP contribution in [-0.4, -0.2) is 24.4 Å². The number of aryl methyl sites for hydroxylation is 2. The average Bonchev–Trinajstić information content (AvgIpc) is 2.60. The Labute approximate surface area is 153 Å². The van der Waals surface area contributed by atoms with Crippen LogP contribution in [0.2, 0.25) is 0 Å². The van der Waals surface area contributed by atoms with Crippen molar-refractivity contribution in [1.82, 2.24) is 10.9 Å². The Morgan fingerprint density at radius 3 is 2.40 bits per heavy atom. The first-order chi connectivity index (χ1) is 11.9. The zero-order valence-corrected chi connectivity index (χ0v) is 15.3. The summed E-state index contributed by atoms with van der Waals surface area (Å²) >= 11 is 3.25. The molecule has 2 aromatic carbocycles. The Bertz CT molecular complexity index is 820. The lowest BCUT2D eigenvalue weighted by Crippen LogP contribution is -2.43. The van der Waals surface area contributed by atoms with Crippen LogP contribution in [0.15, 0.2) is 46.9 Å². The van der Waals surface area contributed by atoms with E-state index >= 15 is 0 Å². The van der Waals surface area contributed by atoms with Crippen molar-refractivity contribution in [3.8, 4) is 0 Å². The molecule has 130 valence electrons. The van der Waals surface area contributed by atoms with Crippen LogP contribution in [0.25, 0.3) is 0 Å². The number of hydrogen-bond donors (Lipinski definition) is 2. The minimum Gasteiger partial charge on any atom is -0.452 e. The molecule has 6 nitrogen and oxygen atoms in total. The first-order valence-corrected chi connectivity index (χ1v) is 8.26. The van der Waals surface area contributed by atoms with E-state index in [1.807, 2.05) is 19.9 Å². The lowest BCUT2D eigenvalue weighted by atomic mass is 10.1. The van der Waals surface area contributed by atoms with Crippen LogP contribution in [0, 0.1) is 13.8 Å². The molecule has 0 aromatic heterocycles. The van der Waals surface area contributed by atoms with Crippen molar-refractivity contribution in [2.45, 2.75) is 13.8 Å². The van der Waals surface area contributed by atoms with Gasteiger partial charge < -0.3 is 4.74 Å². The first kappa shape index (κ1) is 18.7. The maximum absolute atomic E-state index is 11.9. The monoisotopic (exact) mass is 404 g/mol. The Kier molecular flexibility index (Phi) is 6.30. The van der Waals surface area contributed by atoms with Gasteiger partial charge in [0.15, 0.2) is 6.61 Å². The van der Waals surface area contributed by atoms with E-state index in [-0.39, 0.29) is 0 Å². The maximum atomic E-state index is 11.9. The maximum Gasteiger partial charge on any atom is 0.338 e. The van der Waals surface area contributed by atoms with E-state index in [2.05, 4.69) is 26.8 Å². The predicted molar refractivity (Wildman–Crippen MR) is 95.9 cm³/mol. The van der Waals surface area contributed by atoms with Crippen molar-refractivity contribution in [3.63, 3.8) is 0 Å². The van der Waals surface area contributed by atoms with E-state index < -0.39 is 24.4 Å². The quantitative estimate of drug-likeness (QED) is 0.605. The van der Waals surface area contributed by atoms with Crippen LogP contribution in [0.5, 0.6) is 0 Å². The molecule has 0 saturated carbocycles. The SMILES string of the molecule is Cc1ccc(C(=O)OCC(=O)NNC(=O)c2ccccc2Br)cc1C. The number of amides is 2. The third-order valence-corrected chi connectivity index (χ3v) is 4.20. The zero-order valence-electron chi connectivity index (χ0n) is 13.8. The molecule has 0 heterocycles. The summed E-state index contributed by atoms with van der Waals surface area (Å²) in [4.78, 5) is 35.6. The fraction of sp³-hybridized carbons (Fsp3) is 0.167. The molecular formula is C18H17BrN2O4. The first-order valence-electron chi connectivity index (χ1n) is 7.46. The predicted octanol–water partition coefficient (Wildman–Crippen LogP) is 2.68. The third-order valence-electron chi connectivity index (χ3n) is 3.51. The number of halogens is 1. The van der Waals surface area contributed by atoms with Crippen molar-refractivity contribution in [2.24, 2.45) is 0 Å². The van der Waals surface area contributed by atoms with Crippen molar-refractivity contribution in [3.05, 3.63) is 69.2 Å². The highest BCUT2D eigenvalue weighted by Crippen LogP contribution is 2.15. The molecule has 0 aliphatic heterocycles. The summed E-state index contributed by atoms with van der Waals surface area (Å²) in [6.45, 7) is 3.32. The highest BCUT2D eigenvalue weighted by atomic mass is 79.9. The van der Waals surface area contributed by atoms with E-state index in [1.165, 1.54) is 0 Å². The molecule has 25 heavy (non-hydrogen) atoms. The average molecular weight is 405 g/mol. The molecule has 0 fully saturated rings. The Balaban J connectivity index is 1.82. The van der Waals surface area contributed by atoms with Gasteiger partial charge in [-0.25, -0.2) is 4.79 Å². The zero-order chi connectivity index (χ0) is 18.4. The van der Waals surface area contributed by atoms with Gasteiger partial charge in [-0.05, 0) is 65.2 Å². The van der Waals surface area contributed by atoms with Gasteiger partial charge in [-0.2, -0.15) is 0 Å². The highest BCUT2D eigenvalue weighted by molar-refractivity contribution is 9.10. The molecule has 0 aliphatic carbocycles. The molecule has 2 rings (SSSR count). The summed E-state index contributed by atoms with van der Waals surface area (Å²) in [5.41, 5.74) is 7.22. The number of rotatable bonds is 4. The van der Waals surface area contributed by atoms with Crippen molar-refractivity contribution in [2.75, 3.05) is 6.61 Å². The van der Waals surface area contributed by atoms with Gasteiger partial charge in [0.25, 0.3) is 11.8 Å². The van der Waals surface area contributed by atoms with Gasteiger partial charge in [0.2, 0.25) is 0 Å². The molecule has 0 unspecified atom stereocenters. The van der Waals surface area contributed by atoms with E-state index in [9.17, 15) is 14.4 Å². The van der Waals surface area contributed by atoms with Gasteiger partial charge in [-0.15, -0.1) is 0 Å². The Hall–Kier alpha value is -2.67. The minimum atomic E-state index is -0.641. The molecule has 0 radical (unpaired) electrons. The van der Waals surface area contributed by atoms with E-state index in [0.717, 1.165) is 11.1 Å². The van der Waals surface area contributed by atoms with Crippen LogP contribution < -0.4 is 10.9 Å². The number of carbonyl (C=O) groups excluding carboxylic acids is 3. The largest absolute Gasteiger partial charge is 0.452 e. The third kappa shape index (κ3) is 5.15. The molecule has 0 atom stereocenters. The van der Waals surface area contributed by atoms with Crippen LogP contribution in [-0.2, 0) is 9.53 Å². The normalized spacial score (nSPS) is 10.0. The van der Waals surface area contributed by atoms with E-state index in [1.54, 1.807) is 36.4 Å². The van der Waals surface area contributed by atoms with E-state index in [0.29, 0.717) is 15.6 Å². The Morgan fingerprint density at radius 2 is 1.72 bits per heavy atom. The van der Waals surface area contributed by atoms with Crippen LogP contribution >= 0.6 is 15.9 Å². The molecule has 2 N–H and O–H groups in total. The summed E-state index contributed by atoms with van der Waals surface area (Å²) in [7, 11) is 0. The Morgan fingerprint density at radius 1 is 1.00 bits per heavy atom. The summed E-state index contributed by atoms with van der Waals surface area (Å²) in [5, 5.41) is 0. The summed E-state index contributed by atoms with van der Waals surface area (Å²) in [5.74, 6) is -1.73. The van der Waals surface area contributed by atoms with Crippen molar-refractivity contribution < 1.29 is 19.1 Å². The second-order valence-corrected chi connectivity index (χ2v) is 6.21.